The zero-order valence-corrected chi connectivity index (χ0v) is 14.6. The van der Waals surface area contributed by atoms with E-state index in [1.54, 1.807) is 12.1 Å². The smallest absolute Gasteiger partial charge is 0.269 e. The van der Waals surface area contributed by atoms with Gasteiger partial charge in [-0.05, 0) is 18.6 Å². The van der Waals surface area contributed by atoms with E-state index >= 15 is 0 Å². The van der Waals surface area contributed by atoms with Crippen LogP contribution in [0.5, 0.6) is 0 Å². The van der Waals surface area contributed by atoms with E-state index in [0.29, 0.717) is 19.5 Å². The molecule has 1 amide bonds. The largest absolute Gasteiger partial charge is 0.383 e. The lowest BCUT2D eigenvalue weighted by Gasteiger charge is -2.09. The highest BCUT2D eigenvalue weighted by Gasteiger charge is 2.28. The molecule has 1 saturated heterocycles. The summed E-state index contributed by atoms with van der Waals surface area (Å²) in [5.41, 5.74) is 0.764. The summed E-state index contributed by atoms with van der Waals surface area (Å²) in [5, 5.41) is 16.4. The molecule has 2 N–H and O–H groups in total. The highest BCUT2D eigenvalue weighted by Crippen LogP contribution is 2.23. The number of hydrogen-bond donors (Lipinski definition) is 2. The minimum Gasteiger partial charge on any atom is -0.383 e. The van der Waals surface area contributed by atoms with Gasteiger partial charge >= 0.3 is 0 Å². The Morgan fingerprint density at radius 1 is 1.29 bits per heavy atom. The van der Waals surface area contributed by atoms with E-state index in [0.717, 1.165) is 5.69 Å². The number of thioether (sulfide) groups is 1. The molecule has 1 fully saturated rings. The quantitative estimate of drug-likeness (QED) is 0.397. The number of nitro groups is 1. The summed E-state index contributed by atoms with van der Waals surface area (Å²) in [7, 11) is -2.91. The van der Waals surface area contributed by atoms with E-state index in [1.807, 2.05) is 0 Å². The Hall–Kier alpha value is -1.81. The predicted molar refractivity (Wildman–Crippen MR) is 94.1 cm³/mol. The van der Waals surface area contributed by atoms with Crippen LogP contribution in [0.4, 0.5) is 11.4 Å². The number of carbonyl (C=O) groups excluding carboxylic acids is 1. The molecular formula is C14H19N3O5S2. The molecule has 1 aromatic carbocycles. The summed E-state index contributed by atoms with van der Waals surface area (Å²) in [5.74, 6) is 0.491. The topological polar surface area (TPSA) is 118 Å². The molecule has 132 valence electrons. The maximum atomic E-state index is 11.7. The number of carbonyl (C=O) groups is 1. The molecule has 1 atom stereocenters. The number of sulfone groups is 1. The first kappa shape index (κ1) is 18.5. The van der Waals surface area contributed by atoms with Crippen LogP contribution < -0.4 is 10.6 Å². The van der Waals surface area contributed by atoms with Crippen molar-refractivity contribution in [3.63, 3.8) is 0 Å². The molecule has 0 saturated carbocycles. The number of amides is 1. The summed E-state index contributed by atoms with van der Waals surface area (Å²) < 4.78 is 22.7. The van der Waals surface area contributed by atoms with Gasteiger partial charge in [0.15, 0.2) is 9.84 Å². The molecule has 24 heavy (non-hydrogen) atoms. The fourth-order valence-electron chi connectivity index (χ4n) is 2.25. The highest BCUT2D eigenvalue weighted by atomic mass is 32.2. The Morgan fingerprint density at radius 3 is 2.58 bits per heavy atom. The van der Waals surface area contributed by atoms with Crippen LogP contribution in [-0.4, -0.2) is 54.8 Å². The van der Waals surface area contributed by atoms with Gasteiger partial charge in [0.2, 0.25) is 5.91 Å². The molecule has 1 aromatic rings. The van der Waals surface area contributed by atoms with Crippen molar-refractivity contribution < 1.29 is 18.1 Å². The number of anilines is 1. The number of nitrogens with one attached hydrogen (secondary N) is 2. The van der Waals surface area contributed by atoms with Gasteiger partial charge in [-0.15, -0.1) is 11.8 Å². The Bertz CT molecular complexity index is 691. The Balaban J connectivity index is 1.60. The molecule has 0 bridgehead atoms. The minimum absolute atomic E-state index is 0.0129. The number of benzene rings is 1. The van der Waals surface area contributed by atoms with Crippen molar-refractivity contribution in [3.8, 4) is 0 Å². The summed E-state index contributed by atoms with van der Waals surface area (Å²) in [6.07, 6.45) is 0.613. The van der Waals surface area contributed by atoms with Crippen molar-refractivity contribution in [3.05, 3.63) is 34.4 Å². The average molecular weight is 373 g/mol. The maximum Gasteiger partial charge on any atom is 0.269 e. The number of rotatable bonds is 8. The highest BCUT2D eigenvalue weighted by molar-refractivity contribution is 8.02. The van der Waals surface area contributed by atoms with Crippen molar-refractivity contribution >= 4 is 38.9 Å². The third kappa shape index (κ3) is 6.00. The zero-order chi connectivity index (χ0) is 17.6. The Labute approximate surface area is 144 Å². The number of nitro benzene ring substituents is 1. The predicted octanol–water partition coefficient (Wildman–Crippen LogP) is 1.04. The molecule has 8 nitrogen and oxygen atoms in total. The molecular weight excluding hydrogens is 354 g/mol. The second-order valence-electron chi connectivity index (χ2n) is 5.42. The van der Waals surface area contributed by atoms with Crippen LogP contribution in [0.1, 0.15) is 6.42 Å². The third-order valence-electron chi connectivity index (χ3n) is 3.50. The van der Waals surface area contributed by atoms with Crippen LogP contribution in [0.2, 0.25) is 0 Å². The zero-order valence-electron chi connectivity index (χ0n) is 12.9. The van der Waals surface area contributed by atoms with E-state index in [4.69, 9.17) is 0 Å². The van der Waals surface area contributed by atoms with Crippen LogP contribution in [-0.2, 0) is 14.6 Å². The van der Waals surface area contributed by atoms with E-state index < -0.39 is 14.8 Å². The number of non-ortho nitro benzene ring substituents is 1. The standard InChI is InChI=1S/C14H19N3O5S2/c18-14(9-23-13-5-8-24(21,22)10-13)16-7-6-15-11-1-3-12(4-2-11)17(19)20/h1-4,13,15H,5-10H2,(H,16,18). The van der Waals surface area contributed by atoms with E-state index in [9.17, 15) is 23.3 Å². The second kappa shape index (κ2) is 8.34. The van der Waals surface area contributed by atoms with Gasteiger partial charge in [0.1, 0.15) is 0 Å². The van der Waals surface area contributed by atoms with Crippen molar-refractivity contribution in [2.45, 2.75) is 11.7 Å². The lowest BCUT2D eigenvalue weighted by molar-refractivity contribution is -0.384. The molecule has 0 aliphatic carbocycles. The fraction of sp³-hybridized carbons (Fsp3) is 0.500. The van der Waals surface area contributed by atoms with Crippen LogP contribution in [0.15, 0.2) is 24.3 Å². The summed E-state index contributed by atoms with van der Waals surface area (Å²) in [6.45, 7) is 0.908. The van der Waals surface area contributed by atoms with Gasteiger partial charge in [0, 0.05) is 36.2 Å². The first-order chi connectivity index (χ1) is 11.4. The molecule has 1 unspecified atom stereocenters. The SMILES string of the molecule is O=C(CSC1CCS(=O)(=O)C1)NCCNc1ccc([N+](=O)[O-])cc1. The van der Waals surface area contributed by atoms with Crippen molar-refractivity contribution in [2.24, 2.45) is 0 Å². The van der Waals surface area contributed by atoms with Gasteiger partial charge in [-0.2, -0.15) is 0 Å². The van der Waals surface area contributed by atoms with Gasteiger partial charge in [-0.3, -0.25) is 14.9 Å². The first-order valence-electron chi connectivity index (χ1n) is 7.43. The van der Waals surface area contributed by atoms with Gasteiger partial charge < -0.3 is 10.6 Å². The van der Waals surface area contributed by atoms with E-state index in [2.05, 4.69) is 10.6 Å². The molecule has 0 spiro atoms. The maximum absolute atomic E-state index is 11.7. The van der Waals surface area contributed by atoms with E-state index in [1.165, 1.54) is 23.9 Å². The summed E-state index contributed by atoms with van der Waals surface area (Å²) in [4.78, 5) is 21.8. The third-order valence-corrected chi connectivity index (χ3v) is 6.78. The lowest BCUT2D eigenvalue weighted by atomic mass is 10.3. The lowest BCUT2D eigenvalue weighted by Crippen LogP contribution is -2.30. The van der Waals surface area contributed by atoms with Crippen molar-refractivity contribution in [1.29, 1.82) is 0 Å². The number of nitrogens with zero attached hydrogens (tertiary/aromatic N) is 1. The van der Waals surface area contributed by atoms with Gasteiger partial charge in [0.05, 0.1) is 22.2 Å². The normalized spacial score (nSPS) is 18.9. The molecule has 0 radical (unpaired) electrons. The van der Waals surface area contributed by atoms with Crippen LogP contribution in [0.25, 0.3) is 0 Å². The fourth-order valence-corrected chi connectivity index (χ4v) is 5.72. The molecule has 1 aliphatic heterocycles. The molecule has 1 aliphatic rings. The van der Waals surface area contributed by atoms with Crippen LogP contribution >= 0.6 is 11.8 Å². The first-order valence-corrected chi connectivity index (χ1v) is 10.3. The summed E-state index contributed by atoms with van der Waals surface area (Å²) >= 11 is 1.38. The Morgan fingerprint density at radius 2 is 2.00 bits per heavy atom. The monoisotopic (exact) mass is 373 g/mol. The molecule has 0 aromatic heterocycles. The van der Waals surface area contributed by atoms with Crippen LogP contribution in [0, 0.1) is 10.1 Å². The molecule has 1 heterocycles. The van der Waals surface area contributed by atoms with Crippen molar-refractivity contribution in [1.82, 2.24) is 5.32 Å². The van der Waals surface area contributed by atoms with Gasteiger partial charge in [0.25, 0.3) is 5.69 Å². The summed E-state index contributed by atoms with van der Waals surface area (Å²) in [6, 6.07) is 6.03. The minimum atomic E-state index is -2.91. The van der Waals surface area contributed by atoms with Gasteiger partial charge in [-0.1, -0.05) is 0 Å². The molecule has 2 rings (SSSR count). The van der Waals surface area contributed by atoms with E-state index in [-0.39, 0.29) is 34.1 Å². The molecule has 10 heteroatoms. The average Bonchev–Trinajstić information content (AvgIpc) is 2.89. The van der Waals surface area contributed by atoms with Crippen molar-refractivity contribution in [2.75, 3.05) is 35.7 Å². The Kier molecular flexibility index (Phi) is 6.44. The number of hydrogen-bond acceptors (Lipinski definition) is 7. The van der Waals surface area contributed by atoms with Crippen LogP contribution in [0.3, 0.4) is 0 Å². The van der Waals surface area contributed by atoms with Gasteiger partial charge in [-0.25, -0.2) is 8.42 Å². The second-order valence-corrected chi connectivity index (χ2v) is 8.93.